The van der Waals surface area contributed by atoms with E-state index in [9.17, 15) is 4.79 Å². The van der Waals surface area contributed by atoms with Crippen LogP contribution < -0.4 is 5.32 Å². The Hall–Kier alpha value is -3.09. The summed E-state index contributed by atoms with van der Waals surface area (Å²) >= 11 is 7.54. The molecule has 2 heterocycles. The second-order valence-electron chi connectivity index (χ2n) is 7.03. The summed E-state index contributed by atoms with van der Waals surface area (Å²) in [5.41, 5.74) is 3.61. The number of nitrogens with one attached hydrogen (secondary N) is 1. The van der Waals surface area contributed by atoms with Gasteiger partial charge >= 0.3 is 0 Å². The summed E-state index contributed by atoms with van der Waals surface area (Å²) < 4.78 is 1.97. The molecule has 5 aromatic rings. The first kappa shape index (κ1) is 18.9. The van der Waals surface area contributed by atoms with Crippen molar-refractivity contribution < 1.29 is 4.79 Å². The molecule has 0 spiro atoms. The molecule has 5 nitrogen and oxygen atoms in total. The first-order valence-electron chi connectivity index (χ1n) is 9.44. The van der Waals surface area contributed by atoms with Crippen molar-refractivity contribution in [3.05, 3.63) is 77.3 Å². The van der Waals surface area contributed by atoms with Crippen LogP contribution in [0.4, 0.5) is 5.69 Å². The third-order valence-electron chi connectivity index (χ3n) is 5.02. The van der Waals surface area contributed by atoms with Crippen LogP contribution in [0.3, 0.4) is 0 Å². The van der Waals surface area contributed by atoms with Crippen molar-refractivity contribution in [3.8, 4) is 0 Å². The van der Waals surface area contributed by atoms with Crippen LogP contribution in [0.2, 0.25) is 5.02 Å². The normalized spacial score (nSPS) is 11.4. The lowest BCUT2D eigenvalue weighted by Gasteiger charge is -2.09. The maximum absolute atomic E-state index is 12.6. The van der Waals surface area contributed by atoms with Crippen molar-refractivity contribution in [3.63, 3.8) is 0 Å². The highest BCUT2D eigenvalue weighted by molar-refractivity contribution is 7.99. The topological polar surface area (TPSA) is 59.3 Å². The Morgan fingerprint density at radius 3 is 2.77 bits per heavy atom. The number of fused-ring (bicyclic) bond motifs is 4. The molecule has 0 aliphatic carbocycles. The number of thioether (sulfide) groups is 1. The van der Waals surface area contributed by atoms with E-state index in [1.54, 1.807) is 0 Å². The number of pyridine rings is 1. The molecule has 2 aromatic heterocycles. The third-order valence-corrected chi connectivity index (χ3v) is 6.19. The number of hydrogen-bond donors (Lipinski definition) is 1. The zero-order valence-electron chi connectivity index (χ0n) is 16.1. The fourth-order valence-electron chi connectivity index (χ4n) is 3.64. The van der Waals surface area contributed by atoms with Gasteiger partial charge in [0.25, 0.3) is 0 Å². The molecule has 148 valence electrons. The van der Waals surface area contributed by atoms with Crippen LogP contribution in [-0.2, 0) is 4.79 Å². The minimum absolute atomic E-state index is 0.0902. The zero-order chi connectivity index (χ0) is 20.7. The van der Waals surface area contributed by atoms with E-state index in [-0.39, 0.29) is 11.7 Å². The number of aryl methyl sites for hydroxylation is 1. The van der Waals surface area contributed by atoms with Crippen molar-refractivity contribution in [1.82, 2.24) is 14.6 Å². The van der Waals surface area contributed by atoms with Gasteiger partial charge in [-0.25, -0.2) is 0 Å². The Morgan fingerprint density at radius 1 is 1.03 bits per heavy atom. The molecule has 0 saturated carbocycles. The van der Waals surface area contributed by atoms with Crippen LogP contribution in [0.5, 0.6) is 0 Å². The van der Waals surface area contributed by atoms with Gasteiger partial charge in [-0.15, -0.1) is 10.2 Å². The van der Waals surface area contributed by atoms with Crippen LogP contribution in [0.25, 0.3) is 27.3 Å². The largest absolute Gasteiger partial charge is 0.325 e. The molecule has 1 amide bonds. The first-order valence-corrected chi connectivity index (χ1v) is 10.8. The molecule has 0 aliphatic rings. The maximum Gasteiger partial charge on any atom is 0.234 e. The third kappa shape index (κ3) is 3.38. The predicted octanol–water partition coefficient (Wildman–Crippen LogP) is 5.73. The summed E-state index contributed by atoms with van der Waals surface area (Å²) in [7, 11) is 0. The standard InChI is InChI=1S/C23H17ClN4OS/c1-14-11-21-26-27-23(28(21)20-10-9-16(24)12-18(14)20)30-13-22(29)25-19-8-4-6-15-5-2-3-7-17(15)19/h2-12H,13H2,1H3,(H,25,29). The van der Waals surface area contributed by atoms with Gasteiger partial charge in [-0.2, -0.15) is 0 Å². The van der Waals surface area contributed by atoms with Gasteiger partial charge < -0.3 is 5.32 Å². The molecule has 30 heavy (non-hydrogen) atoms. The lowest BCUT2D eigenvalue weighted by atomic mass is 10.1. The highest BCUT2D eigenvalue weighted by Gasteiger charge is 2.14. The monoisotopic (exact) mass is 432 g/mol. The molecule has 0 atom stereocenters. The fraction of sp³-hybridized carbons (Fsp3) is 0.0870. The summed E-state index contributed by atoms with van der Waals surface area (Å²) in [6, 6.07) is 21.6. The number of rotatable bonds is 4. The number of halogens is 1. The summed E-state index contributed by atoms with van der Waals surface area (Å²) in [4.78, 5) is 12.6. The number of amides is 1. The van der Waals surface area contributed by atoms with Gasteiger partial charge in [-0.3, -0.25) is 9.20 Å². The van der Waals surface area contributed by atoms with E-state index in [1.807, 2.05) is 78.1 Å². The Labute approximate surface area is 182 Å². The molecule has 0 fully saturated rings. The van der Waals surface area contributed by atoms with Crippen molar-refractivity contribution in [2.45, 2.75) is 12.1 Å². The van der Waals surface area contributed by atoms with Gasteiger partial charge in [0.05, 0.1) is 11.3 Å². The fourth-order valence-corrected chi connectivity index (χ4v) is 4.56. The van der Waals surface area contributed by atoms with Gasteiger partial charge in [0.15, 0.2) is 10.8 Å². The summed E-state index contributed by atoms with van der Waals surface area (Å²) in [6.07, 6.45) is 0. The molecule has 7 heteroatoms. The Morgan fingerprint density at radius 2 is 1.87 bits per heavy atom. The first-order chi connectivity index (χ1) is 14.6. The Balaban J connectivity index is 1.42. The van der Waals surface area contributed by atoms with Crippen molar-refractivity contribution in [1.29, 1.82) is 0 Å². The molecular formula is C23H17ClN4OS. The highest BCUT2D eigenvalue weighted by atomic mass is 35.5. The maximum atomic E-state index is 12.6. The van der Waals surface area contributed by atoms with E-state index < -0.39 is 0 Å². The van der Waals surface area contributed by atoms with Crippen LogP contribution in [0.15, 0.2) is 71.9 Å². The van der Waals surface area contributed by atoms with Crippen LogP contribution in [-0.4, -0.2) is 26.3 Å². The SMILES string of the molecule is Cc1cc2nnc(SCC(=O)Nc3cccc4ccccc34)n2c2ccc(Cl)cc12. The van der Waals surface area contributed by atoms with Gasteiger partial charge in [-0.1, -0.05) is 59.8 Å². The number of nitrogens with zero attached hydrogens (tertiary/aromatic N) is 3. The molecule has 3 aromatic carbocycles. The summed E-state index contributed by atoms with van der Waals surface area (Å²) in [5, 5.41) is 16.1. The summed E-state index contributed by atoms with van der Waals surface area (Å²) in [6.45, 7) is 2.03. The van der Waals surface area contributed by atoms with Gasteiger partial charge in [0.1, 0.15) is 0 Å². The van der Waals surface area contributed by atoms with Crippen LogP contribution in [0, 0.1) is 6.92 Å². The second kappa shape index (κ2) is 7.63. The van der Waals surface area contributed by atoms with E-state index >= 15 is 0 Å². The molecule has 0 bridgehead atoms. The predicted molar refractivity (Wildman–Crippen MR) is 124 cm³/mol. The Kier molecular flexibility index (Phi) is 4.81. The quantitative estimate of drug-likeness (QED) is 0.368. The number of carbonyl (C=O) groups excluding carboxylic acids is 1. The van der Waals surface area contributed by atoms with E-state index in [0.29, 0.717) is 10.2 Å². The minimum Gasteiger partial charge on any atom is -0.325 e. The lowest BCUT2D eigenvalue weighted by Crippen LogP contribution is -2.14. The number of aromatic nitrogens is 3. The molecule has 0 saturated heterocycles. The van der Waals surface area contributed by atoms with Crippen molar-refractivity contribution >= 4 is 62.3 Å². The van der Waals surface area contributed by atoms with E-state index in [2.05, 4.69) is 15.5 Å². The molecule has 0 radical (unpaired) electrons. The lowest BCUT2D eigenvalue weighted by molar-refractivity contribution is -0.113. The van der Waals surface area contributed by atoms with Crippen molar-refractivity contribution in [2.75, 3.05) is 11.1 Å². The summed E-state index contributed by atoms with van der Waals surface area (Å²) in [5.74, 6) is 0.139. The van der Waals surface area contributed by atoms with Gasteiger partial charge in [0, 0.05) is 21.5 Å². The average molecular weight is 433 g/mol. The second-order valence-corrected chi connectivity index (χ2v) is 8.41. The molecule has 0 unspecified atom stereocenters. The van der Waals surface area contributed by atoms with Gasteiger partial charge in [-0.05, 0) is 48.2 Å². The molecule has 5 rings (SSSR count). The van der Waals surface area contributed by atoms with Crippen molar-refractivity contribution in [2.24, 2.45) is 0 Å². The van der Waals surface area contributed by atoms with E-state index in [1.165, 1.54) is 11.8 Å². The number of anilines is 1. The Bertz CT molecular complexity index is 1420. The van der Waals surface area contributed by atoms with Gasteiger partial charge in [0.2, 0.25) is 5.91 Å². The molecule has 0 aliphatic heterocycles. The number of carbonyl (C=O) groups is 1. The number of benzene rings is 3. The number of hydrogen-bond acceptors (Lipinski definition) is 4. The zero-order valence-corrected chi connectivity index (χ0v) is 17.7. The molecular weight excluding hydrogens is 416 g/mol. The average Bonchev–Trinajstić information content (AvgIpc) is 3.15. The smallest absolute Gasteiger partial charge is 0.234 e. The van der Waals surface area contributed by atoms with Crippen LogP contribution >= 0.6 is 23.4 Å². The minimum atomic E-state index is -0.0902. The van der Waals surface area contributed by atoms with E-state index in [4.69, 9.17) is 11.6 Å². The highest BCUT2D eigenvalue weighted by Crippen LogP contribution is 2.28. The van der Waals surface area contributed by atoms with Crippen LogP contribution in [0.1, 0.15) is 5.56 Å². The molecule has 1 N–H and O–H groups in total. The van der Waals surface area contributed by atoms with E-state index in [0.717, 1.165) is 38.6 Å².